The highest BCUT2D eigenvalue weighted by Gasteiger charge is 2.36. The van der Waals surface area contributed by atoms with Crippen LogP contribution in [-0.4, -0.2) is 55.6 Å². The quantitative estimate of drug-likeness (QED) is 0.219. The third-order valence-corrected chi connectivity index (χ3v) is 6.59. The van der Waals surface area contributed by atoms with Crippen LogP contribution in [0, 0.1) is 11.8 Å². The third kappa shape index (κ3) is 5.56. The molecule has 0 aromatic carbocycles. The van der Waals surface area contributed by atoms with Crippen LogP contribution in [0.5, 0.6) is 0 Å². The molecule has 2 aliphatic rings. The highest BCUT2D eigenvalue weighted by molar-refractivity contribution is 14.0. The number of carbonyl (C=O) groups excluding carboxylic acids is 1. The van der Waals surface area contributed by atoms with Crippen molar-refractivity contribution in [1.82, 2.24) is 15.2 Å². The SMILES string of the molecule is CN=C(NCCCc1nc2c(s1)CCCC2)N1CC(C)C(C(=O)OC)C1.I. The van der Waals surface area contributed by atoms with Gasteiger partial charge in [0, 0.05) is 38.0 Å². The summed E-state index contributed by atoms with van der Waals surface area (Å²) in [6.45, 7) is 4.47. The van der Waals surface area contributed by atoms with Crippen LogP contribution >= 0.6 is 35.3 Å². The number of carbonyl (C=O) groups is 1. The van der Waals surface area contributed by atoms with E-state index in [-0.39, 0.29) is 41.8 Å². The molecule has 1 aliphatic heterocycles. The second-order valence-electron chi connectivity index (χ2n) is 7.27. The number of methoxy groups -OCH3 is 1. The number of halogens is 1. The molecule has 1 aromatic rings. The van der Waals surface area contributed by atoms with Gasteiger partial charge in [-0.1, -0.05) is 6.92 Å². The lowest BCUT2D eigenvalue weighted by atomic mass is 9.99. The summed E-state index contributed by atoms with van der Waals surface area (Å²) in [6.07, 6.45) is 7.03. The van der Waals surface area contributed by atoms with E-state index in [1.54, 1.807) is 7.05 Å². The van der Waals surface area contributed by atoms with Gasteiger partial charge in [-0.3, -0.25) is 9.79 Å². The Morgan fingerprint density at radius 3 is 2.85 bits per heavy atom. The summed E-state index contributed by atoms with van der Waals surface area (Å²) in [7, 11) is 3.26. The van der Waals surface area contributed by atoms with Gasteiger partial charge in [0.25, 0.3) is 0 Å². The number of aromatic nitrogens is 1. The first-order chi connectivity index (χ1) is 12.6. The maximum Gasteiger partial charge on any atom is 0.310 e. The predicted molar refractivity (Wildman–Crippen MR) is 120 cm³/mol. The fourth-order valence-electron chi connectivity index (χ4n) is 3.88. The van der Waals surface area contributed by atoms with E-state index in [0.717, 1.165) is 38.3 Å². The van der Waals surface area contributed by atoms with Crippen molar-refractivity contribution in [3.63, 3.8) is 0 Å². The normalized spacial score (nSPS) is 22.2. The summed E-state index contributed by atoms with van der Waals surface area (Å²) in [6, 6.07) is 0. The number of nitrogens with one attached hydrogen (secondary N) is 1. The highest BCUT2D eigenvalue weighted by atomic mass is 127. The fraction of sp³-hybridized carbons (Fsp3) is 0.737. The summed E-state index contributed by atoms with van der Waals surface area (Å²) < 4.78 is 4.92. The number of esters is 1. The summed E-state index contributed by atoms with van der Waals surface area (Å²) in [4.78, 5) is 24.7. The van der Waals surface area contributed by atoms with Crippen LogP contribution in [0.15, 0.2) is 4.99 Å². The number of fused-ring (bicyclic) bond motifs is 1. The zero-order valence-electron chi connectivity index (χ0n) is 16.5. The summed E-state index contributed by atoms with van der Waals surface area (Å²) in [5.74, 6) is 0.965. The van der Waals surface area contributed by atoms with Crippen LogP contribution in [0.1, 0.15) is 41.8 Å². The van der Waals surface area contributed by atoms with Crippen LogP contribution in [-0.2, 0) is 28.8 Å². The molecule has 1 saturated heterocycles. The van der Waals surface area contributed by atoms with Crippen LogP contribution < -0.4 is 5.32 Å². The number of thiazole rings is 1. The summed E-state index contributed by atoms with van der Waals surface area (Å²) in [5.41, 5.74) is 1.35. The van der Waals surface area contributed by atoms with Crippen molar-refractivity contribution in [2.75, 3.05) is 33.8 Å². The molecule has 0 bridgehead atoms. The van der Waals surface area contributed by atoms with E-state index in [1.807, 2.05) is 11.3 Å². The molecular formula is C19H31IN4O2S. The van der Waals surface area contributed by atoms with E-state index < -0.39 is 0 Å². The molecule has 2 unspecified atom stereocenters. The molecule has 6 nitrogen and oxygen atoms in total. The van der Waals surface area contributed by atoms with Crippen molar-refractivity contribution < 1.29 is 9.53 Å². The molecule has 1 aromatic heterocycles. The second kappa shape index (κ2) is 10.6. The molecule has 27 heavy (non-hydrogen) atoms. The van der Waals surface area contributed by atoms with E-state index in [2.05, 4.69) is 22.1 Å². The molecule has 0 amide bonds. The molecule has 0 saturated carbocycles. The second-order valence-corrected chi connectivity index (χ2v) is 8.44. The molecule has 1 fully saturated rings. The number of rotatable bonds is 5. The topological polar surface area (TPSA) is 66.8 Å². The van der Waals surface area contributed by atoms with E-state index in [0.29, 0.717) is 6.54 Å². The van der Waals surface area contributed by atoms with Crippen LogP contribution in [0.3, 0.4) is 0 Å². The molecule has 152 valence electrons. The third-order valence-electron chi connectivity index (χ3n) is 5.37. The number of aliphatic imine (C=N–C) groups is 1. The Hall–Kier alpha value is -0.900. The number of nitrogens with zero attached hydrogens (tertiary/aromatic N) is 3. The zero-order chi connectivity index (χ0) is 18.5. The molecule has 1 N–H and O–H groups in total. The lowest BCUT2D eigenvalue weighted by Crippen LogP contribution is -2.41. The van der Waals surface area contributed by atoms with Gasteiger partial charge >= 0.3 is 5.97 Å². The van der Waals surface area contributed by atoms with Gasteiger partial charge in [-0.2, -0.15) is 0 Å². The van der Waals surface area contributed by atoms with E-state index in [4.69, 9.17) is 9.72 Å². The molecule has 0 spiro atoms. The summed E-state index contributed by atoms with van der Waals surface area (Å²) >= 11 is 1.90. The zero-order valence-corrected chi connectivity index (χ0v) is 19.6. The first-order valence-electron chi connectivity index (χ1n) is 9.63. The van der Waals surface area contributed by atoms with Crippen molar-refractivity contribution in [2.24, 2.45) is 16.8 Å². The van der Waals surface area contributed by atoms with Crippen molar-refractivity contribution in [3.05, 3.63) is 15.6 Å². The molecule has 2 heterocycles. The maximum absolute atomic E-state index is 11.9. The van der Waals surface area contributed by atoms with Gasteiger partial charge in [-0.15, -0.1) is 35.3 Å². The van der Waals surface area contributed by atoms with E-state index >= 15 is 0 Å². The van der Waals surface area contributed by atoms with Crippen LogP contribution in [0.4, 0.5) is 0 Å². The van der Waals surface area contributed by atoms with Crippen molar-refractivity contribution in [1.29, 1.82) is 0 Å². The van der Waals surface area contributed by atoms with Crippen molar-refractivity contribution in [3.8, 4) is 0 Å². The molecular weight excluding hydrogens is 475 g/mol. The monoisotopic (exact) mass is 506 g/mol. The van der Waals surface area contributed by atoms with Crippen molar-refractivity contribution >= 4 is 47.2 Å². The molecule has 2 atom stereocenters. The fourth-order valence-corrected chi connectivity index (χ4v) is 5.08. The molecule has 8 heteroatoms. The number of aryl methyl sites for hydroxylation is 3. The molecule has 1 aliphatic carbocycles. The van der Waals surface area contributed by atoms with Crippen molar-refractivity contribution in [2.45, 2.75) is 45.4 Å². The Kier molecular flexibility index (Phi) is 8.78. The minimum Gasteiger partial charge on any atom is -0.469 e. The first kappa shape index (κ1) is 22.4. The molecule has 3 rings (SSSR count). The Morgan fingerprint density at radius 1 is 1.37 bits per heavy atom. The number of hydrogen-bond acceptors (Lipinski definition) is 5. The molecule has 0 radical (unpaired) electrons. The smallest absolute Gasteiger partial charge is 0.310 e. The predicted octanol–water partition coefficient (Wildman–Crippen LogP) is 2.89. The number of likely N-dealkylation sites (tertiary alicyclic amines) is 1. The Bertz CT molecular complexity index is 641. The Balaban J connectivity index is 0.00000261. The Morgan fingerprint density at radius 2 is 2.15 bits per heavy atom. The Labute approximate surface area is 183 Å². The standard InChI is InChI=1S/C19H30N4O2S.HI/c1-13-11-23(12-14(13)18(24)25-3)19(20-2)21-10-6-9-17-22-15-7-4-5-8-16(15)26-17;/h13-14H,4-12H2,1-3H3,(H,20,21);1H. The van der Waals surface area contributed by atoms with Gasteiger partial charge in [0.15, 0.2) is 5.96 Å². The lowest BCUT2D eigenvalue weighted by molar-refractivity contribution is -0.145. The highest BCUT2D eigenvalue weighted by Crippen LogP contribution is 2.27. The van der Waals surface area contributed by atoms with Crippen LogP contribution in [0.2, 0.25) is 0 Å². The van der Waals surface area contributed by atoms with Gasteiger partial charge in [-0.25, -0.2) is 4.98 Å². The maximum atomic E-state index is 11.9. The summed E-state index contributed by atoms with van der Waals surface area (Å²) in [5, 5.41) is 4.71. The van der Waals surface area contributed by atoms with Gasteiger partial charge in [0.1, 0.15) is 0 Å². The van der Waals surface area contributed by atoms with Gasteiger partial charge < -0.3 is 15.0 Å². The average Bonchev–Trinajstić information content (AvgIpc) is 3.24. The first-order valence-corrected chi connectivity index (χ1v) is 10.4. The minimum atomic E-state index is -0.122. The van der Waals surface area contributed by atoms with Crippen LogP contribution in [0.25, 0.3) is 0 Å². The van der Waals surface area contributed by atoms with Gasteiger partial charge in [0.05, 0.1) is 23.7 Å². The van der Waals surface area contributed by atoms with E-state index in [9.17, 15) is 4.79 Å². The number of guanidine groups is 1. The van der Waals surface area contributed by atoms with E-state index in [1.165, 1.54) is 42.0 Å². The lowest BCUT2D eigenvalue weighted by Gasteiger charge is -2.21. The minimum absolute atomic E-state index is 0. The van der Waals surface area contributed by atoms with Gasteiger partial charge in [0.2, 0.25) is 0 Å². The van der Waals surface area contributed by atoms with Gasteiger partial charge in [-0.05, 0) is 38.0 Å². The largest absolute Gasteiger partial charge is 0.469 e. The average molecular weight is 506 g/mol. The number of ether oxygens (including phenoxy) is 1. The number of hydrogen-bond donors (Lipinski definition) is 1.